The van der Waals surface area contributed by atoms with Crippen molar-refractivity contribution in [3.8, 4) is 0 Å². The minimum absolute atomic E-state index is 0. The van der Waals surface area contributed by atoms with Gasteiger partial charge < -0.3 is 10.6 Å². The normalized spacial score (nSPS) is 22.7. The summed E-state index contributed by atoms with van der Waals surface area (Å²) in [6.45, 7) is 4.34. The second kappa shape index (κ2) is 6.68. The number of sulfone groups is 1. The summed E-state index contributed by atoms with van der Waals surface area (Å²) in [5, 5.41) is 0. The van der Waals surface area contributed by atoms with Crippen LogP contribution in [0.2, 0.25) is 0 Å². The molecule has 0 radical (unpaired) electrons. The molecule has 15 heavy (non-hydrogen) atoms. The average Bonchev–Trinajstić information content (AvgIpc) is 2.48. The van der Waals surface area contributed by atoms with Crippen molar-refractivity contribution in [1.82, 2.24) is 4.90 Å². The van der Waals surface area contributed by atoms with Crippen molar-refractivity contribution in [3.05, 3.63) is 0 Å². The summed E-state index contributed by atoms with van der Waals surface area (Å²) < 4.78 is 22.8. The molecule has 0 spiro atoms. The van der Waals surface area contributed by atoms with E-state index < -0.39 is 9.84 Å². The highest BCUT2D eigenvalue weighted by molar-refractivity contribution is 7.91. The summed E-state index contributed by atoms with van der Waals surface area (Å²) in [6.07, 6.45) is 1.70. The van der Waals surface area contributed by atoms with Gasteiger partial charge in [-0.05, 0) is 19.4 Å². The van der Waals surface area contributed by atoms with Crippen LogP contribution in [0.1, 0.15) is 19.8 Å². The third-order valence-electron chi connectivity index (χ3n) is 2.54. The monoisotopic (exact) mass is 256 g/mol. The molecule has 0 amide bonds. The zero-order valence-corrected chi connectivity index (χ0v) is 10.8. The molecule has 0 aliphatic carbocycles. The Hall–Kier alpha value is 0.160. The van der Waals surface area contributed by atoms with Gasteiger partial charge in [-0.3, -0.25) is 0 Å². The standard InChI is InChI=1S/C9H20N2O2S.ClH/c1-2-6-14(12,13)7-5-11-4-3-9(10)8-11;/h9H,2-8,10H2,1H3;1H/t9-;/m0./s1. The van der Waals surface area contributed by atoms with Crippen molar-refractivity contribution in [1.29, 1.82) is 0 Å². The minimum Gasteiger partial charge on any atom is -0.326 e. The summed E-state index contributed by atoms with van der Waals surface area (Å²) in [6, 6.07) is 0.240. The van der Waals surface area contributed by atoms with Crippen LogP contribution in [0, 0.1) is 0 Å². The van der Waals surface area contributed by atoms with Crippen molar-refractivity contribution in [2.75, 3.05) is 31.1 Å². The fourth-order valence-electron chi connectivity index (χ4n) is 1.75. The predicted molar refractivity (Wildman–Crippen MR) is 65.2 cm³/mol. The van der Waals surface area contributed by atoms with Gasteiger partial charge in [-0.15, -0.1) is 12.4 Å². The molecular weight excluding hydrogens is 236 g/mol. The van der Waals surface area contributed by atoms with E-state index in [1.165, 1.54) is 0 Å². The predicted octanol–water partition coefficient (Wildman–Crippen LogP) is 0.266. The molecule has 0 aromatic rings. The molecule has 4 nitrogen and oxygen atoms in total. The Morgan fingerprint density at radius 1 is 1.40 bits per heavy atom. The van der Waals surface area contributed by atoms with Gasteiger partial charge in [-0.1, -0.05) is 6.92 Å². The molecule has 6 heteroatoms. The van der Waals surface area contributed by atoms with Crippen LogP contribution >= 0.6 is 12.4 Å². The summed E-state index contributed by atoms with van der Waals surface area (Å²) in [4.78, 5) is 2.14. The third-order valence-corrected chi connectivity index (χ3v) is 4.38. The van der Waals surface area contributed by atoms with Crippen molar-refractivity contribution in [2.45, 2.75) is 25.8 Å². The van der Waals surface area contributed by atoms with Crippen molar-refractivity contribution in [3.63, 3.8) is 0 Å². The lowest BCUT2D eigenvalue weighted by molar-refractivity contribution is 0.354. The Labute approximate surface area is 98.5 Å². The zero-order valence-electron chi connectivity index (χ0n) is 9.18. The van der Waals surface area contributed by atoms with Gasteiger partial charge in [0.25, 0.3) is 0 Å². The van der Waals surface area contributed by atoms with E-state index >= 15 is 0 Å². The van der Waals surface area contributed by atoms with Crippen LogP contribution in [-0.2, 0) is 9.84 Å². The van der Waals surface area contributed by atoms with Crippen LogP contribution in [0.5, 0.6) is 0 Å². The topological polar surface area (TPSA) is 63.4 Å². The van der Waals surface area contributed by atoms with Crippen LogP contribution < -0.4 is 5.73 Å². The molecule has 1 rings (SSSR count). The van der Waals surface area contributed by atoms with E-state index in [4.69, 9.17) is 5.73 Å². The van der Waals surface area contributed by atoms with Gasteiger partial charge in [-0.25, -0.2) is 8.42 Å². The molecule has 0 unspecified atom stereocenters. The number of nitrogens with two attached hydrogens (primary N) is 1. The maximum atomic E-state index is 11.4. The molecule has 1 atom stereocenters. The highest BCUT2D eigenvalue weighted by Crippen LogP contribution is 2.07. The first-order valence-electron chi connectivity index (χ1n) is 5.22. The number of hydrogen-bond donors (Lipinski definition) is 1. The number of rotatable bonds is 5. The summed E-state index contributed by atoms with van der Waals surface area (Å²) in [5.41, 5.74) is 5.73. The number of nitrogens with zero attached hydrogens (tertiary/aromatic N) is 1. The summed E-state index contributed by atoms with van der Waals surface area (Å²) in [7, 11) is -2.82. The van der Waals surface area contributed by atoms with Crippen LogP contribution in [0.3, 0.4) is 0 Å². The highest BCUT2D eigenvalue weighted by atomic mass is 35.5. The first-order valence-corrected chi connectivity index (χ1v) is 7.04. The first kappa shape index (κ1) is 15.2. The molecule has 0 aromatic carbocycles. The quantitative estimate of drug-likeness (QED) is 0.767. The maximum absolute atomic E-state index is 11.4. The van der Waals surface area contributed by atoms with Crippen LogP contribution in [-0.4, -0.2) is 50.5 Å². The lowest BCUT2D eigenvalue weighted by Gasteiger charge is -2.14. The Kier molecular flexibility index (Phi) is 6.75. The smallest absolute Gasteiger partial charge is 0.151 e. The lowest BCUT2D eigenvalue weighted by atomic mass is 10.3. The van der Waals surface area contributed by atoms with Gasteiger partial charge in [0.1, 0.15) is 0 Å². The van der Waals surface area contributed by atoms with Crippen molar-refractivity contribution in [2.24, 2.45) is 5.73 Å². The highest BCUT2D eigenvalue weighted by Gasteiger charge is 2.20. The molecule has 1 aliphatic rings. The summed E-state index contributed by atoms with van der Waals surface area (Å²) in [5.74, 6) is 0.598. The molecule has 0 bridgehead atoms. The lowest BCUT2D eigenvalue weighted by Crippen LogP contribution is -2.31. The molecule has 92 valence electrons. The molecule has 0 aromatic heterocycles. The Balaban J connectivity index is 0.00000196. The van der Waals surface area contributed by atoms with Gasteiger partial charge in [0.05, 0.1) is 5.75 Å². The molecule has 1 aliphatic heterocycles. The molecular formula is C9H21ClN2O2S. The minimum atomic E-state index is -2.82. The second-order valence-electron chi connectivity index (χ2n) is 4.00. The van der Waals surface area contributed by atoms with Crippen molar-refractivity contribution < 1.29 is 8.42 Å². The Morgan fingerprint density at radius 2 is 2.07 bits per heavy atom. The number of halogens is 1. The molecule has 0 saturated carbocycles. The van der Waals surface area contributed by atoms with Gasteiger partial charge in [0, 0.05) is 24.9 Å². The van der Waals surface area contributed by atoms with Crippen LogP contribution in [0.25, 0.3) is 0 Å². The van der Waals surface area contributed by atoms with E-state index in [2.05, 4.69) is 4.90 Å². The zero-order chi connectivity index (χ0) is 10.6. The fraction of sp³-hybridized carbons (Fsp3) is 1.00. The van der Waals surface area contributed by atoms with E-state index in [1.807, 2.05) is 6.92 Å². The molecule has 1 fully saturated rings. The van der Waals surface area contributed by atoms with Gasteiger partial charge >= 0.3 is 0 Å². The third kappa shape index (κ3) is 5.70. The Morgan fingerprint density at radius 3 is 2.53 bits per heavy atom. The van der Waals surface area contributed by atoms with E-state index in [0.29, 0.717) is 18.7 Å². The van der Waals surface area contributed by atoms with Gasteiger partial charge in [-0.2, -0.15) is 0 Å². The van der Waals surface area contributed by atoms with Crippen LogP contribution in [0.15, 0.2) is 0 Å². The van der Waals surface area contributed by atoms with E-state index in [1.54, 1.807) is 0 Å². The van der Waals surface area contributed by atoms with E-state index in [0.717, 1.165) is 19.5 Å². The van der Waals surface area contributed by atoms with E-state index in [9.17, 15) is 8.42 Å². The van der Waals surface area contributed by atoms with Crippen molar-refractivity contribution >= 4 is 22.2 Å². The average molecular weight is 257 g/mol. The van der Waals surface area contributed by atoms with Crippen LogP contribution in [0.4, 0.5) is 0 Å². The summed E-state index contributed by atoms with van der Waals surface area (Å²) >= 11 is 0. The molecule has 2 N–H and O–H groups in total. The first-order chi connectivity index (χ1) is 6.53. The molecule has 1 saturated heterocycles. The van der Waals surface area contributed by atoms with Gasteiger partial charge in [0.15, 0.2) is 9.84 Å². The largest absolute Gasteiger partial charge is 0.326 e. The fourth-order valence-corrected chi connectivity index (χ4v) is 3.11. The molecule has 1 heterocycles. The SMILES string of the molecule is CCCS(=O)(=O)CCN1CC[C@H](N)C1.Cl. The number of hydrogen-bond acceptors (Lipinski definition) is 4. The number of likely N-dealkylation sites (tertiary alicyclic amines) is 1. The van der Waals surface area contributed by atoms with E-state index in [-0.39, 0.29) is 24.2 Å². The second-order valence-corrected chi connectivity index (χ2v) is 6.30. The maximum Gasteiger partial charge on any atom is 0.151 e. The Bertz CT molecular complexity index is 269. The van der Waals surface area contributed by atoms with Gasteiger partial charge in [0.2, 0.25) is 0 Å².